The number of piperidine rings is 1. The third kappa shape index (κ3) is 4.43. The van der Waals surface area contributed by atoms with Crippen LogP contribution in [-0.4, -0.2) is 55.7 Å². The first kappa shape index (κ1) is 16.4. The second-order valence-electron chi connectivity index (χ2n) is 6.23. The van der Waals surface area contributed by atoms with E-state index < -0.39 is 10.2 Å². The van der Waals surface area contributed by atoms with E-state index in [-0.39, 0.29) is 23.9 Å². The molecule has 1 fully saturated rings. The minimum absolute atomic E-state index is 0.0637. The van der Waals surface area contributed by atoms with Crippen LogP contribution < -0.4 is 5.32 Å². The minimum atomic E-state index is -3.42. The average Bonchev–Trinajstić information content (AvgIpc) is 2.26. The quantitative estimate of drug-likeness (QED) is 0.819. The van der Waals surface area contributed by atoms with E-state index in [4.69, 9.17) is 0 Å². The Hall–Kier alpha value is -0.660. The van der Waals surface area contributed by atoms with Crippen molar-refractivity contribution in [3.05, 3.63) is 0 Å². The first-order valence-corrected chi connectivity index (χ1v) is 7.93. The monoisotopic (exact) mass is 291 g/mol. The summed E-state index contributed by atoms with van der Waals surface area (Å²) in [7, 11) is -0.407. The van der Waals surface area contributed by atoms with Crippen LogP contribution in [0.1, 0.15) is 33.6 Å². The summed E-state index contributed by atoms with van der Waals surface area (Å²) in [5.41, 5.74) is -0.292. The SMILES string of the molecule is CN(C)S(=O)(=O)N1CCC[C@@H](C(=O)NC(C)(C)C)C1. The highest BCUT2D eigenvalue weighted by Crippen LogP contribution is 2.21. The van der Waals surface area contributed by atoms with Crippen LogP contribution in [-0.2, 0) is 15.0 Å². The smallest absolute Gasteiger partial charge is 0.281 e. The Labute approximate surface area is 116 Å². The number of nitrogens with zero attached hydrogens (tertiary/aromatic N) is 2. The van der Waals surface area contributed by atoms with Crippen molar-refractivity contribution in [2.75, 3.05) is 27.2 Å². The molecule has 1 atom stereocenters. The summed E-state index contributed by atoms with van der Waals surface area (Å²) in [6.45, 7) is 6.51. The first-order chi connectivity index (χ1) is 8.54. The molecule has 1 saturated heterocycles. The molecule has 0 unspecified atom stereocenters. The van der Waals surface area contributed by atoms with Crippen LogP contribution in [0.15, 0.2) is 0 Å². The number of hydrogen-bond donors (Lipinski definition) is 1. The Morgan fingerprint density at radius 2 is 1.89 bits per heavy atom. The highest BCUT2D eigenvalue weighted by Gasteiger charge is 2.34. The number of nitrogens with one attached hydrogen (secondary N) is 1. The summed E-state index contributed by atoms with van der Waals surface area (Å²) >= 11 is 0. The van der Waals surface area contributed by atoms with Crippen molar-refractivity contribution in [2.45, 2.75) is 39.2 Å². The van der Waals surface area contributed by atoms with Crippen molar-refractivity contribution in [1.82, 2.24) is 13.9 Å². The molecule has 6 nitrogen and oxygen atoms in total. The van der Waals surface area contributed by atoms with Crippen LogP contribution in [0.5, 0.6) is 0 Å². The molecule has 1 aliphatic heterocycles. The van der Waals surface area contributed by atoms with Gasteiger partial charge in [-0.15, -0.1) is 0 Å². The zero-order valence-electron chi connectivity index (χ0n) is 12.4. The van der Waals surface area contributed by atoms with Gasteiger partial charge in [0.1, 0.15) is 0 Å². The third-order valence-electron chi connectivity index (χ3n) is 3.04. The fourth-order valence-electron chi connectivity index (χ4n) is 2.07. The molecule has 1 rings (SSSR count). The Balaban J connectivity index is 2.73. The standard InChI is InChI=1S/C12H25N3O3S/c1-12(2,3)13-11(16)10-7-6-8-15(9-10)19(17,18)14(4)5/h10H,6-9H2,1-5H3,(H,13,16)/t10-/m1/s1. The van der Waals surface area contributed by atoms with E-state index in [0.717, 1.165) is 12.8 Å². The van der Waals surface area contributed by atoms with Crippen molar-refractivity contribution in [3.63, 3.8) is 0 Å². The maximum Gasteiger partial charge on any atom is 0.281 e. The van der Waals surface area contributed by atoms with E-state index >= 15 is 0 Å². The highest BCUT2D eigenvalue weighted by atomic mass is 32.2. The Morgan fingerprint density at radius 3 is 2.37 bits per heavy atom. The van der Waals surface area contributed by atoms with E-state index in [1.54, 1.807) is 0 Å². The molecule has 1 N–H and O–H groups in total. The molecule has 0 aromatic rings. The number of amides is 1. The average molecular weight is 291 g/mol. The van der Waals surface area contributed by atoms with Gasteiger partial charge in [0.2, 0.25) is 5.91 Å². The van der Waals surface area contributed by atoms with Crippen LogP contribution in [0.25, 0.3) is 0 Å². The lowest BCUT2D eigenvalue weighted by molar-refractivity contribution is -0.127. The molecule has 112 valence electrons. The summed E-state index contributed by atoms with van der Waals surface area (Å²) in [4.78, 5) is 12.1. The molecule has 0 spiro atoms. The van der Waals surface area contributed by atoms with Crippen LogP contribution in [0.3, 0.4) is 0 Å². The van der Waals surface area contributed by atoms with Gasteiger partial charge in [-0.3, -0.25) is 4.79 Å². The Kier molecular flexibility index (Phi) is 4.97. The number of carbonyl (C=O) groups is 1. The van der Waals surface area contributed by atoms with Gasteiger partial charge < -0.3 is 5.32 Å². The second-order valence-corrected chi connectivity index (χ2v) is 8.37. The maximum atomic E-state index is 12.1. The van der Waals surface area contributed by atoms with Gasteiger partial charge in [-0.05, 0) is 33.6 Å². The largest absolute Gasteiger partial charge is 0.351 e. The van der Waals surface area contributed by atoms with Crippen molar-refractivity contribution in [3.8, 4) is 0 Å². The maximum absolute atomic E-state index is 12.1. The van der Waals surface area contributed by atoms with Crippen molar-refractivity contribution >= 4 is 16.1 Å². The van der Waals surface area contributed by atoms with Gasteiger partial charge in [0.15, 0.2) is 0 Å². The van der Waals surface area contributed by atoms with Gasteiger partial charge in [0.05, 0.1) is 5.92 Å². The normalized spacial score (nSPS) is 22.5. The molecule has 0 saturated carbocycles. The van der Waals surface area contributed by atoms with Gasteiger partial charge in [-0.25, -0.2) is 0 Å². The van der Waals surface area contributed by atoms with E-state index in [2.05, 4.69) is 5.32 Å². The lowest BCUT2D eigenvalue weighted by Gasteiger charge is -2.34. The fraction of sp³-hybridized carbons (Fsp3) is 0.917. The molecule has 0 aliphatic carbocycles. The van der Waals surface area contributed by atoms with Gasteiger partial charge in [0.25, 0.3) is 10.2 Å². The number of carbonyl (C=O) groups excluding carboxylic acids is 1. The molecule has 19 heavy (non-hydrogen) atoms. The molecular formula is C12H25N3O3S. The summed E-state index contributed by atoms with van der Waals surface area (Å²) < 4.78 is 26.7. The summed E-state index contributed by atoms with van der Waals surface area (Å²) in [6.07, 6.45) is 1.46. The molecule has 0 radical (unpaired) electrons. The van der Waals surface area contributed by atoms with Gasteiger partial charge in [0, 0.05) is 32.7 Å². The van der Waals surface area contributed by atoms with Crippen LogP contribution >= 0.6 is 0 Å². The molecular weight excluding hydrogens is 266 g/mol. The topological polar surface area (TPSA) is 69.7 Å². The predicted octanol–water partition coefficient (Wildman–Crippen LogP) is 0.420. The van der Waals surface area contributed by atoms with E-state index in [9.17, 15) is 13.2 Å². The second kappa shape index (κ2) is 5.76. The van der Waals surface area contributed by atoms with Crippen LogP contribution in [0, 0.1) is 5.92 Å². The highest BCUT2D eigenvalue weighted by molar-refractivity contribution is 7.86. The number of hydrogen-bond acceptors (Lipinski definition) is 3. The number of rotatable bonds is 3. The molecule has 7 heteroatoms. The van der Waals surface area contributed by atoms with E-state index in [0.29, 0.717) is 6.54 Å². The van der Waals surface area contributed by atoms with E-state index in [1.165, 1.54) is 22.7 Å². The minimum Gasteiger partial charge on any atom is -0.351 e. The molecule has 0 aromatic heterocycles. The Bertz CT molecular complexity index is 426. The Morgan fingerprint density at radius 1 is 1.32 bits per heavy atom. The lowest BCUT2D eigenvalue weighted by atomic mass is 9.97. The van der Waals surface area contributed by atoms with Gasteiger partial charge >= 0.3 is 0 Å². The zero-order chi connectivity index (χ0) is 14.8. The van der Waals surface area contributed by atoms with Crippen LogP contribution in [0.2, 0.25) is 0 Å². The zero-order valence-corrected chi connectivity index (χ0v) is 13.2. The van der Waals surface area contributed by atoms with Crippen molar-refractivity contribution in [2.24, 2.45) is 5.92 Å². The molecule has 1 heterocycles. The van der Waals surface area contributed by atoms with Gasteiger partial charge in [-0.2, -0.15) is 17.0 Å². The lowest BCUT2D eigenvalue weighted by Crippen LogP contribution is -2.51. The molecule has 0 aromatic carbocycles. The predicted molar refractivity (Wildman–Crippen MR) is 74.8 cm³/mol. The first-order valence-electron chi connectivity index (χ1n) is 6.53. The van der Waals surface area contributed by atoms with Crippen molar-refractivity contribution < 1.29 is 13.2 Å². The molecule has 1 aliphatic rings. The van der Waals surface area contributed by atoms with Gasteiger partial charge in [-0.1, -0.05) is 0 Å². The van der Waals surface area contributed by atoms with Crippen molar-refractivity contribution in [1.29, 1.82) is 0 Å². The summed E-state index contributed by atoms with van der Waals surface area (Å²) in [6, 6.07) is 0. The van der Waals surface area contributed by atoms with E-state index in [1.807, 2.05) is 20.8 Å². The third-order valence-corrected chi connectivity index (χ3v) is 4.95. The summed E-state index contributed by atoms with van der Waals surface area (Å²) in [5, 5.41) is 2.92. The van der Waals surface area contributed by atoms with Crippen LogP contribution in [0.4, 0.5) is 0 Å². The molecule has 0 bridgehead atoms. The summed E-state index contributed by atoms with van der Waals surface area (Å²) in [5.74, 6) is -0.325. The fourth-order valence-corrected chi connectivity index (χ4v) is 3.26. The molecule has 1 amide bonds.